The molecular formula is C24H31N5O. The number of imidazole rings is 1. The highest BCUT2D eigenvalue weighted by molar-refractivity contribution is 6.04. The predicted octanol–water partition coefficient (Wildman–Crippen LogP) is 4.01. The van der Waals surface area contributed by atoms with Crippen molar-refractivity contribution < 1.29 is 4.79 Å². The zero-order valence-electron chi connectivity index (χ0n) is 18.1. The van der Waals surface area contributed by atoms with Gasteiger partial charge in [-0.25, -0.2) is 4.98 Å². The van der Waals surface area contributed by atoms with Gasteiger partial charge in [0.05, 0.1) is 17.6 Å². The molecule has 1 aliphatic rings. The quantitative estimate of drug-likeness (QED) is 0.673. The number of rotatable bonds is 6. The van der Waals surface area contributed by atoms with E-state index in [-0.39, 0.29) is 5.91 Å². The van der Waals surface area contributed by atoms with E-state index in [0.717, 1.165) is 61.8 Å². The van der Waals surface area contributed by atoms with E-state index in [1.165, 1.54) is 0 Å². The number of piperazine rings is 1. The number of fused-ring (bicyclic) bond motifs is 1. The Morgan fingerprint density at radius 3 is 2.40 bits per heavy atom. The number of carbonyl (C=O) groups is 1. The number of nitrogens with one attached hydrogen (secondary N) is 1. The summed E-state index contributed by atoms with van der Waals surface area (Å²) in [4.78, 5) is 22.4. The number of anilines is 1. The van der Waals surface area contributed by atoms with E-state index in [1.54, 1.807) is 0 Å². The Morgan fingerprint density at radius 1 is 1.03 bits per heavy atom. The van der Waals surface area contributed by atoms with Crippen LogP contribution >= 0.6 is 0 Å². The molecule has 0 radical (unpaired) electrons. The fourth-order valence-electron chi connectivity index (χ4n) is 4.17. The Bertz CT molecular complexity index is 1000. The first-order valence-electron chi connectivity index (χ1n) is 10.9. The van der Waals surface area contributed by atoms with E-state index in [2.05, 4.69) is 46.5 Å². The van der Waals surface area contributed by atoms with Crippen molar-refractivity contribution in [2.24, 2.45) is 0 Å². The largest absolute Gasteiger partial charge is 0.324 e. The second-order valence-corrected chi connectivity index (χ2v) is 8.23. The zero-order chi connectivity index (χ0) is 21.1. The minimum atomic E-state index is -0.104. The first kappa shape index (κ1) is 20.6. The van der Waals surface area contributed by atoms with E-state index in [0.29, 0.717) is 11.6 Å². The number of carbonyl (C=O) groups excluding carboxylic acids is 1. The topological polar surface area (TPSA) is 53.4 Å². The summed E-state index contributed by atoms with van der Waals surface area (Å²) in [6, 6.07) is 15.6. The van der Waals surface area contributed by atoms with Gasteiger partial charge in [0.1, 0.15) is 5.82 Å². The molecule has 0 atom stereocenters. The number of benzene rings is 2. The fraction of sp³-hybridized carbons (Fsp3) is 0.417. The number of aromatic nitrogens is 2. The van der Waals surface area contributed by atoms with Crippen molar-refractivity contribution in [1.29, 1.82) is 0 Å². The van der Waals surface area contributed by atoms with Crippen LogP contribution in [-0.4, -0.2) is 58.0 Å². The molecule has 158 valence electrons. The third-order valence-corrected chi connectivity index (χ3v) is 5.85. The van der Waals surface area contributed by atoms with E-state index in [1.807, 2.05) is 42.5 Å². The van der Waals surface area contributed by atoms with Crippen molar-refractivity contribution in [2.75, 3.05) is 38.0 Å². The zero-order valence-corrected chi connectivity index (χ0v) is 18.1. The van der Waals surface area contributed by atoms with Gasteiger partial charge in [-0.05, 0) is 50.7 Å². The Kier molecular flexibility index (Phi) is 6.16. The summed E-state index contributed by atoms with van der Waals surface area (Å²) in [5.74, 6) is 0.990. The highest BCUT2D eigenvalue weighted by atomic mass is 16.1. The van der Waals surface area contributed by atoms with Crippen LogP contribution < -0.4 is 5.32 Å². The van der Waals surface area contributed by atoms with Gasteiger partial charge in [0.25, 0.3) is 5.91 Å². The second kappa shape index (κ2) is 8.98. The smallest absolute Gasteiger partial charge is 0.255 e. The summed E-state index contributed by atoms with van der Waals surface area (Å²) in [5, 5.41) is 3.00. The van der Waals surface area contributed by atoms with E-state index in [4.69, 9.17) is 4.98 Å². The Morgan fingerprint density at radius 2 is 1.73 bits per heavy atom. The van der Waals surface area contributed by atoms with Crippen molar-refractivity contribution in [3.05, 3.63) is 59.9 Å². The molecule has 4 rings (SSSR count). The fourth-order valence-corrected chi connectivity index (χ4v) is 4.17. The number of hydrogen-bond donors (Lipinski definition) is 1. The standard InChI is InChI=1S/C24H31N5O/c1-4-27-12-14-28(15-13-27)17-23-26-21-16-20(10-11-22(21)29(23)18(2)3)25-24(30)19-8-6-5-7-9-19/h5-11,16,18H,4,12-15,17H2,1-3H3,(H,25,30). The molecule has 2 aromatic carbocycles. The molecule has 3 aromatic rings. The van der Waals surface area contributed by atoms with Gasteiger partial charge in [0.2, 0.25) is 0 Å². The molecule has 30 heavy (non-hydrogen) atoms. The number of likely N-dealkylation sites (N-methyl/N-ethyl adjacent to an activating group) is 1. The van der Waals surface area contributed by atoms with Gasteiger partial charge >= 0.3 is 0 Å². The molecule has 1 fully saturated rings. The molecule has 6 nitrogen and oxygen atoms in total. The molecule has 0 saturated carbocycles. The van der Waals surface area contributed by atoms with Gasteiger partial charge in [-0.1, -0.05) is 25.1 Å². The van der Waals surface area contributed by atoms with Crippen molar-refractivity contribution in [3.63, 3.8) is 0 Å². The maximum absolute atomic E-state index is 12.5. The number of hydrogen-bond acceptors (Lipinski definition) is 4. The average Bonchev–Trinajstić information content (AvgIpc) is 3.12. The van der Waals surface area contributed by atoms with E-state index < -0.39 is 0 Å². The van der Waals surface area contributed by atoms with Crippen LogP contribution in [0.25, 0.3) is 11.0 Å². The summed E-state index contributed by atoms with van der Waals surface area (Å²) in [7, 11) is 0. The maximum Gasteiger partial charge on any atom is 0.255 e. The van der Waals surface area contributed by atoms with Gasteiger partial charge in [0.15, 0.2) is 0 Å². The van der Waals surface area contributed by atoms with Crippen LogP contribution in [0.1, 0.15) is 43.0 Å². The molecule has 6 heteroatoms. The monoisotopic (exact) mass is 405 g/mol. The molecule has 2 heterocycles. The van der Waals surface area contributed by atoms with Crippen LogP contribution in [0.2, 0.25) is 0 Å². The Balaban J connectivity index is 1.56. The SMILES string of the molecule is CCN1CCN(Cc2nc3cc(NC(=O)c4ccccc4)ccc3n2C(C)C)CC1. The molecule has 0 spiro atoms. The number of nitrogens with zero attached hydrogens (tertiary/aromatic N) is 4. The minimum absolute atomic E-state index is 0.104. The number of amides is 1. The second-order valence-electron chi connectivity index (χ2n) is 8.23. The van der Waals surface area contributed by atoms with Crippen LogP contribution in [0.4, 0.5) is 5.69 Å². The molecule has 1 N–H and O–H groups in total. The third kappa shape index (κ3) is 4.40. The molecule has 1 aliphatic heterocycles. The summed E-state index contributed by atoms with van der Waals surface area (Å²) < 4.78 is 2.32. The van der Waals surface area contributed by atoms with Gasteiger partial charge < -0.3 is 14.8 Å². The molecule has 0 aliphatic carbocycles. The summed E-state index contributed by atoms with van der Waals surface area (Å²) in [6.07, 6.45) is 0. The normalized spacial score (nSPS) is 15.7. The van der Waals surface area contributed by atoms with Crippen molar-refractivity contribution in [1.82, 2.24) is 19.4 Å². The molecule has 1 aromatic heterocycles. The lowest BCUT2D eigenvalue weighted by Gasteiger charge is -2.34. The van der Waals surface area contributed by atoms with Gasteiger partial charge in [-0.15, -0.1) is 0 Å². The Labute approximate surface area is 178 Å². The first-order valence-corrected chi connectivity index (χ1v) is 10.9. The molecule has 0 bridgehead atoms. The van der Waals surface area contributed by atoms with Gasteiger partial charge in [-0.3, -0.25) is 9.69 Å². The summed E-state index contributed by atoms with van der Waals surface area (Å²) in [6.45, 7) is 13.0. The highest BCUT2D eigenvalue weighted by Crippen LogP contribution is 2.25. The average molecular weight is 406 g/mol. The summed E-state index contributed by atoms with van der Waals surface area (Å²) in [5.41, 5.74) is 3.46. The van der Waals surface area contributed by atoms with Crippen LogP contribution in [0.15, 0.2) is 48.5 Å². The van der Waals surface area contributed by atoms with Crippen molar-refractivity contribution in [2.45, 2.75) is 33.4 Å². The van der Waals surface area contributed by atoms with Crippen LogP contribution in [-0.2, 0) is 6.54 Å². The summed E-state index contributed by atoms with van der Waals surface area (Å²) >= 11 is 0. The van der Waals surface area contributed by atoms with Gasteiger partial charge in [0, 0.05) is 43.5 Å². The first-order chi connectivity index (χ1) is 14.5. The third-order valence-electron chi connectivity index (χ3n) is 5.85. The Hall–Kier alpha value is -2.70. The lowest BCUT2D eigenvalue weighted by Crippen LogP contribution is -2.45. The van der Waals surface area contributed by atoms with Gasteiger partial charge in [-0.2, -0.15) is 0 Å². The molecule has 1 saturated heterocycles. The van der Waals surface area contributed by atoms with E-state index in [9.17, 15) is 4.79 Å². The lowest BCUT2D eigenvalue weighted by molar-refractivity contribution is 0.102. The molecule has 0 unspecified atom stereocenters. The van der Waals surface area contributed by atoms with Crippen molar-refractivity contribution in [3.8, 4) is 0 Å². The van der Waals surface area contributed by atoms with Crippen LogP contribution in [0.5, 0.6) is 0 Å². The van der Waals surface area contributed by atoms with E-state index >= 15 is 0 Å². The van der Waals surface area contributed by atoms with Crippen LogP contribution in [0, 0.1) is 0 Å². The maximum atomic E-state index is 12.5. The van der Waals surface area contributed by atoms with Crippen molar-refractivity contribution >= 4 is 22.6 Å². The molecule has 1 amide bonds. The lowest BCUT2D eigenvalue weighted by atomic mass is 10.2. The predicted molar refractivity (Wildman–Crippen MR) is 122 cm³/mol. The highest BCUT2D eigenvalue weighted by Gasteiger charge is 2.20. The molecular weight excluding hydrogens is 374 g/mol. The minimum Gasteiger partial charge on any atom is -0.324 e. The van der Waals surface area contributed by atoms with Crippen LogP contribution in [0.3, 0.4) is 0 Å².